The van der Waals surface area contributed by atoms with Crippen LogP contribution >= 0.6 is 7.60 Å². The van der Waals surface area contributed by atoms with Crippen LogP contribution in [0.15, 0.2) is 60.7 Å². The zero-order valence-corrected chi connectivity index (χ0v) is 15.4. The number of benzene rings is 2. The third-order valence-electron chi connectivity index (χ3n) is 4.13. The van der Waals surface area contributed by atoms with E-state index >= 15 is 0 Å². The molecule has 7 nitrogen and oxygen atoms in total. The van der Waals surface area contributed by atoms with Gasteiger partial charge in [0.15, 0.2) is 5.78 Å². The molecule has 0 bridgehead atoms. The van der Waals surface area contributed by atoms with Gasteiger partial charge < -0.3 is 9.05 Å². The zero-order chi connectivity index (χ0) is 19.2. The first-order chi connectivity index (χ1) is 12.4. The summed E-state index contributed by atoms with van der Waals surface area (Å²) in [5.74, 6) is -1.49. The molecule has 0 radical (unpaired) electrons. The summed E-state index contributed by atoms with van der Waals surface area (Å²) in [6, 6.07) is 16.7. The van der Waals surface area contributed by atoms with E-state index < -0.39 is 36.4 Å². The number of nitrogens with zero attached hydrogens (tertiary/aromatic N) is 1. The fourth-order valence-corrected chi connectivity index (χ4v) is 4.62. The van der Waals surface area contributed by atoms with Crippen LogP contribution in [0.3, 0.4) is 0 Å². The molecule has 0 saturated carbocycles. The highest BCUT2D eigenvalue weighted by atomic mass is 31.2. The highest BCUT2D eigenvalue weighted by molar-refractivity contribution is 7.55. The molecule has 0 aliphatic carbocycles. The number of carbonyl (C=O) groups excluding carboxylic acids is 1. The van der Waals surface area contributed by atoms with Gasteiger partial charge in [0.1, 0.15) is 5.66 Å². The van der Waals surface area contributed by atoms with Crippen molar-refractivity contribution in [3.63, 3.8) is 0 Å². The Morgan fingerprint density at radius 1 is 1.04 bits per heavy atom. The van der Waals surface area contributed by atoms with E-state index in [0.717, 1.165) is 0 Å². The summed E-state index contributed by atoms with van der Waals surface area (Å²) in [6.07, 6.45) is 0. The van der Waals surface area contributed by atoms with Crippen molar-refractivity contribution in [2.75, 3.05) is 20.8 Å². The summed E-state index contributed by atoms with van der Waals surface area (Å²) in [4.78, 5) is 23.9. The molecule has 0 amide bonds. The van der Waals surface area contributed by atoms with Crippen LogP contribution in [0.2, 0.25) is 0 Å². The molecule has 0 aliphatic heterocycles. The average molecular weight is 377 g/mol. The number of hydrogen-bond donors (Lipinski definition) is 0. The molecule has 0 spiro atoms. The van der Waals surface area contributed by atoms with Gasteiger partial charge >= 0.3 is 7.60 Å². The van der Waals surface area contributed by atoms with Crippen molar-refractivity contribution in [1.82, 2.24) is 0 Å². The van der Waals surface area contributed by atoms with Crippen LogP contribution in [0, 0.1) is 10.1 Å². The molecule has 0 saturated heterocycles. The highest BCUT2D eigenvalue weighted by Crippen LogP contribution is 2.57. The fraction of sp³-hybridized carbons (Fsp3) is 0.278. The lowest BCUT2D eigenvalue weighted by molar-refractivity contribution is -0.483. The molecule has 2 rings (SSSR count). The molecule has 2 aromatic rings. The third-order valence-corrected chi connectivity index (χ3v) is 6.42. The molecule has 0 heterocycles. The molecule has 26 heavy (non-hydrogen) atoms. The predicted octanol–water partition coefficient (Wildman–Crippen LogP) is 3.78. The number of hydrogen-bond acceptors (Lipinski definition) is 6. The van der Waals surface area contributed by atoms with Gasteiger partial charge in [0.05, 0.1) is 5.92 Å². The molecule has 8 heteroatoms. The first-order valence-corrected chi connectivity index (χ1v) is 9.51. The lowest BCUT2D eigenvalue weighted by Crippen LogP contribution is -2.33. The summed E-state index contributed by atoms with van der Waals surface area (Å²) in [7, 11) is -1.60. The van der Waals surface area contributed by atoms with Crippen molar-refractivity contribution in [3.05, 3.63) is 81.9 Å². The van der Waals surface area contributed by atoms with Gasteiger partial charge in [0, 0.05) is 24.7 Å². The third kappa shape index (κ3) is 4.43. The van der Waals surface area contributed by atoms with E-state index in [1.165, 1.54) is 14.2 Å². The normalized spacial score (nSPS) is 13.8. The highest BCUT2D eigenvalue weighted by Gasteiger charge is 2.48. The molecule has 2 atom stereocenters. The number of ketones is 1. The Balaban J connectivity index is 2.61. The van der Waals surface area contributed by atoms with E-state index in [9.17, 15) is 19.5 Å². The summed E-state index contributed by atoms with van der Waals surface area (Å²) in [5, 5.41) is 11.3. The number of carbonyl (C=O) groups is 1. The van der Waals surface area contributed by atoms with Crippen molar-refractivity contribution in [2.45, 2.75) is 11.6 Å². The van der Waals surface area contributed by atoms with Crippen molar-refractivity contribution < 1.29 is 23.3 Å². The van der Waals surface area contributed by atoms with Crippen LogP contribution in [0.5, 0.6) is 0 Å². The average Bonchev–Trinajstić information content (AvgIpc) is 2.68. The van der Waals surface area contributed by atoms with E-state index in [4.69, 9.17) is 9.05 Å². The molecule has 0 fully saturated rings. The SMILES string of the molecule is COP(=O)(OC)[C@@H](C(=O)c1ccccc1)[C@@H](C[N+](=O)[O-])c1ccccc1. The first kappa shape index (κ1) is 20.0. The lowest BCUT2D eigenvalue weighted by Gasteiger charge is -2.28. The van der Waals surface area contributed by atoms with Crippen molar-refractivity contribution in [3.8, 4) is 0 Å². The minimum absolute atomic E-state index is 0.288. The number of rotatable bonds is 9. The maximum absolute atomic E-state index is 13.2. The topological polar surface area (TPSA) is 95.7 Å². The fourth-order valence-electron chi connectivity index (χ4n) is 2.87. The van der Waals surface area contributed by atoms with E-state index in [-0.39, 0.29) is 5.56 Å². The molecular formula is C18H20NO6P. The second-order valence-corrected chi connectivity index (χ2v) is 7.98. The minimum Gasteiger partial charge on any atom is -0.311 e. The van der Waals surface area contributed by atoms with Gasteiger partial charge in [-0.3, -0.25) is 19.5 Å². The molecule has 2 aromatic carbocycles. The quantitative estimate of drug-likeness (QED) is 0.286. The van der Waals surface area contributed by atoms with E-state index in [0.29, 0.717) is 5.56 Å². The first-order valence-electron chi connectivity index (χ1n) is 7.90. The van der Waals surface area contributed by atoms with E-state index in [1.54, 1.807) is 60.7 Å². The van der Waals surface area contributed by atoms with Gasteiger partial charge in [-0.25, -0.2) is 0 Å². The van der Waals surface area contributed by atoms with E-state index in [1.807, 2.05) is 0 Å². The van der Waals surface area contributed by atoms with Crippen LogP contribution in [-0.4, -0.2) is 37.1 Å². The van der Waals surface area contributed by atoms with Gasteiger partial charge in [0.2, 0.25) is 6.54 Å². The van der Waals surface area contributed by atoms with Crippen molar-refractivity contribution in [1.29, 1.82) is 0 Å². The Morgan fingerprint density at radius 2 is 1.54 bits per heavy atom. The molecule has 138 valence electrons. The molecule has 0 aliphatic rings. The Kier molecular flexibility index (Phi) is 6.80. The van der Waals surface area contributed by atoms with Crippen LogP contribution in [0.1, 0.15) is 21.8 Å². The Hall–Kier alpha value is -2.34. The van der Waals surface area contributed by atoms with E-state index in [2.05, 4.69) is 0 Å². The van der Waals surface area contributed by atoms with Gasteiger partial charge in [0.25, 0.3) is 0 Å². The smallest absolute Gasteiger partial charge is 0.311 e. The standard InChI is InChI=1S/C18H20NO6P/c1-24-26(23,25-2)18(17(20)15-11-7-4-8-12-15)16(13-19(21)22)14-9-5-3-6-10-14/h3-12,16,18H,13H2,1-2H3/t16-,18+/m0/s1. The summed E-state index contributed by atoms with van der Waals surface area (Å²) >= 11 is 0. The summed E-state index contributed by atoms with van der Waals surface area (Å²) < 4.78 is 23.3. The summed E-state index contributed by atoms with van der Waals surface area (Å²) in [6.45, 7) is -0.579. The maximum Gasteiger partial charge on any atom is 0.341 e. The van der Waals surface area contributed by atoms with Crippen LogP contribution < -0.4 is 0 Å². The number of nitro groups is 1. The lowest BCUT2D eigenvalue weighted by atomic mass is 9.91. The molecule has 0 N–H and O–H groups in total. The minimum atomic E-state index is -3.94. The summed E-state index contributed by atoms with van der Waals surface area (Å²) in [5.41, 5.74) is -0.531. The molecule has 0 aromatic heterocycles. The largest absolute Gasteiger partial charge is 0.341 e. The van der Waals surface area contributed by atoms with Crippen LogP contribution in [0.25, 0.3) is 0 Å². The monoisotopic (exact) mass is 377 g/mol. The Bertz CT molecular complexity index is 788. The van der Waals surface area contributed by atoms with Gasteiger partial charge in [-0.1, -0.05) is 60.7 Å². The van der Waals surface area contributed by atoms with Gasteiger partial charge in [-0.2, -0.15) is 0 Å². The van der Waals surface area contributed by atoms with Crippen molar-refractivity contribution in [2.24, 2.45) is 0 Å². The predicted molar refractivity (Wildman–Crippen MR) is 97.2 cm³/mol. The molecular weight excluding hydrogens is 357 g/mol. The van der Waals surface area contributed by atoms with Crippen molar-refractivity contribution >= 4 is 13.4 Å². The Labute approximate surface area is 151 Å². The maximum atomic E-state index is 13.2. The second-order valence-electron chi connectivity index (χ2n) is 5.61. The Morgan fingerprint density at radius 3 is 2.00 bits per heavy atom. The number of Topliss-reactive ketones (excluding diaryl/α,β-unsaturated/α-hetero) is 1. The van der Waals surface area contributed by atoms with Crippen LogP contribution in [-0.2, 0) is 13.6 Å². The zero-order valence-electron chi connectivity index (χ0n) is 14.5. The van der Waals surface area contributed by atoms with Crippen LogP contribution in [0.4, 0.5) is 0 Å². The molecule has 0 unspecified atom stereocenters. The second kappa shape index (κ2) is 8.85. The van der Waals surface area contributed by atoms with Gasteiger partial charge in [-0.05, 0) is 5.56 Å². The van der Waals surface area contributed by atoms with Gasteiger partial charge in [-0.15, -0.1) is 0 Å².